The molecular weight excluding hydrogens is 318 g/mol. The Balaban J connectivity index is 2.01. The lowest BCUT2D eigenvalue weighted by Crippen LogP contribution is -2.32. The van der Waals surface area contributed by atoms with Crippen molar-refractivity contribution in [3.8, 4) is 0 Å². The van der Waals surface area contributed by atoms with E-state index in [2.05, 4.69) is 10.3 Å². The van der Waals surface area contributed by atoms with Gasteiger partial charge in [0.1, 0.15) is 11.4 Å². The van der Waals surface area contributed by atoms with Gasteiger partial charge in [-0.3, -0.25) is 9.59 Å². The number of carbonyl (C=O) groups excluding carboxylic acids is 1. The highest BCUT2D eigenvalue weighted by Gasteiger charge is 2.13. The maximum atomic E-state index is 12.3. The molecule has 0 radical (unpaired) electrons. The number of aryl methyl sites for hydroxylation is 1. The molecule has 25 heavy (non-hydrogen) atoms. The zero-order valence-electron chi connectivity index (χ0n) is 14.8. The number of nitrogens with one attached hydrogen (secondary N) is 1. The summed E-state index contributed by atoms with van der Waals surface area (Å²) in [4.78, 5) is 28.3. The molecule has 2 aromatic rings. The topological polar surface area (TPSA) is 73.2 Å². The Bertz CT molecular complexity index is 741. The van der Waals surface area contributed by atoms with Gasteiger partial charge in [0, 0.05) is 32.5 Å². The summed E-state index contributed by atoms with van der Waals surface area (Å²) in [5.74, 6) is 0.188. The molecule has 1 amide bonds. The molecule has 0 fully saturated rings. The van der Waals surface area contributed by atoms with Gasteiger partial charge in [0.05, 0.1) is 0 Å². The number of hydrogen-bond donors (Lipinski definition) is 1. The third-order valence-corrected chi connectivity index (χ3v) is 3.73. The van der Waals surface area contributed by atoms with E-state index in [0.29, 0.717) is 31.9 Å². The summed E-state index contributed by atoms with van der Waals surface area (Å²) in [6.07, 6.45) is 3.27. The monoisotopic (exact) mass is 343 g/mol. The third kappa shape index (κ3) is 5.83. The summed E-state index contributed by atoms with van der Waals surface area (Å²) in [5.41, 5.74) is 0.646. The van der Waals surface area contributed by atoms with Crippen LogP contribution in [0.1, 0.15) is 41.5 Å². The van der Waals surface area contributed by atoms with Crippen molar-refractivity contribution >= 4 is 5.91 Å². The number of carbonyl (C=O) groups is 1. The minimum Gasteiger partial charge on any atom is -0.381 e. The fraction of sp³-hybridized carbons (Fsp3) is 0.421. The van der Waals surface area contributed by atoms with Crippen LogP contribution in [0.2, 0.25) is 0 Å². The standard InChI is InChI=1S/C19H25N3O3/c1-3-11-25-12-7-10-20-18(23)17-14-22(15(2)21-19(17)24)13-16-8-5-4-6-9-16/h4-6,8-9,14H,3,7,10-13H2,1-2H3,(H,20,23). The van der Waals surface area contributed by atoms with Crippen molar-refractivity contribution in [3.05, 3.63) is 63.8 Å². The van der Waals surface area contributed by atoms with Gasteiger partial charge >= 0.3 is 0 Å². The number of rotatable bonds is 9. The fourth-order valence-electron chi connectivity index (χ4n) is 2.39. The molecule has 6 nitrogen and oxygen atoms in total. The van der Waals surface area contributed by atoms with E-state index in [-0.39, 0.29) is 5.56 Å². The molecule has 1 aromatic heterocycles. The molecular formula is C19H25N3O3. The van der Waals surface area contributed by atoms with Gasteiger partial charge < -0.3 is 14.6 Å². The molecule has 134 valence electrons. The highest BCUT2D eigenvalue weighted by Crippen LogP contribution is 2.05. The van der Waals surface area contributed by atoms with Crippen molar-refractivity contribution in [3.63, 3.8) is 0 Å². The number of nitrogens with zero attached hydrogens (tertiary/aromatic N) is 2. The van der Waals surface area contributed by atoms with Crippen LogP contribution < -0.4 is 10.9 Å². The Labute approximate surface area is 147 Å². The maximum Gasteiger partial charge on any atom is 0.285 e. The quantitative estimate of drug-likeness (QED) is 0.708. The van der Waals surface area contributed by atoms with Crippen LogP contribution in [-0.2, 0) is 11.3 Å². The Morgan fingerprint density at radius 1 is 1.24 bits per heavy atom. The molecule has 0 saturated heterocycles. The Kier molecular flexibility index (Phi) is 7.35. The van der Waals surface area contributed by atoms with Crippen molar-refractivity contribution in [1.29, 1.82) is 0 Å². The zero-order valence-corrected chi connectivity index (χ0v) is 14.8. The van der Waals surface area contributed by atoms with Gasteiger partial charge in [0.15, 0.2) is 0 Å². The van der Waals surface area contributed by atoms with E-state index in [1.54, 1.807) is 13.1 Å². The zero-order chi connectivity index (χ0) is 18.1. The molecule has 0 bridgehead atoms. The Hall–Kier alpha value is -2.47. The first kappa shape index (κ1) is 18.9. The molecule has 1 heterocycles. The molecule has 0 aliphatic carbocycles. The molecule has 0 aliphatic heterocycles. The van der Waals surface area contributed by atoms with Gasteiger partial charge in [-0.15, -0.1) is 0 Å². The van der Waals surface area contributed by atoms with Crippen LogP contribution in [0.5, 0.6) is 0 Å². The molecule has 0 saturated carbocycles. The summed E-state index contributed by atoms with van der Waals surface area (Å²) in [7, 11) is 0. The summed E-state index contributed by atoms with van der Waals surface area (Å²) in [5, 5.41) is 2.75. The van der Waals surface area contributed by atoms with E-state index in [1.807, 2.05) is 41.8 Å². The van der Waals surface area contributed by atoms with Crippen molar-refractivity contribution in [2.75, 3.05) is 19.8 Å². The summed E-state index contributed by atoms with van der Waals surface area (Å²) in [6.45, 7) is 6.15. The summed E-state index contributed by atoms with van der Waals surface area (Å²) < 4.78 is 7.18. The number of benzene rings is 1. The third-order valence-electron chi connectivity index (χ3n) is 3.73. The van der Waals surface area contributed by atoms with Gasteiger partial charge in [-0.2, -0.15) is 4.98 Å². The van der Waals surface area contributed by atoms with Gasteiger partial charge in [0.25, 0.3) is 11.5 Å². The maximum absolute atomic E-state index is 12.3. The normalized spacial score (nSPS) is 10.6. The smallest absolute Gasteiger partial charge is 0.285 e. The first-order valence-electron chi connectivity index (χ1n) is 8.59. The van der Waals surface area contributed by atoms with Crippen LogP contribution >= 0.6 is 0 Å². The van der Waals surface area contributed by atoms with Crippen LogP contribution in [-0.4, -0.2) is 35.2 Å². The van der Waals surface area contributed by atoms with Crippen molar-refractivity contribution < 1.29 is 9.53 Å². The number of aromatic nitrogens is 2. The van der Waals surface area contributed by atoms with Crippen molar-refractivity contribution in [2.45, 2.75) is 33.2 Å². The van der Waals surface area contributed by atoms with E-state index in [9.17, 15) is 9.59 Å². The lowest BCUT2D eigenvalue weighted by atomic mass is 10.2. The van der Waals surface area contributed by atoms with E-state index >= 15 is 0 Å². The predicted molar refractivity (Wildman–Crippen MR) is 96.8 cm³/mol. The minimum atomic E-state index is -0.499. The van der Waals surface area contributed by atoms with Gasteiger partial charge in [-0.25, -0.2) is 0 Å². The van der Waals surface area contributed by atoms with Crippen LogP contribution in [0.15, 0.2) is 41.3 Å². The predicted octanol–water partition coefficient (Wildman–Crippen LogP) is 2.15. The van der Waals surface area contributed by atoms with Crippen molar-refractivity contribution in [1.82, 2.24) is 14.9 Å². The fourth-order valence-corrected chi connectivity index (χ4v) is 2.39. The molecule has 1 aromatic carbocycles. The van der Waals surface area contributed by atoms with E-state index in [4.69, 9.17) is 4.74 Å². The number of amides is 1. The second-order valence-corrected chi connectivity index (χ2v) is 5.84. The lowest BCUT2D eigenvalue weighted by Gasteiger charge is -2.12. The van der Waals surface area contributed by atoms with Crippen LogP contribution in [0.4, 0.5) is 0 Å². The first-order chi connectivity index (χ1) is 12.1. The number of hydrogen-bond acceptors (Lipinski definition) is 4. The largest absolute Gasteiger partial charge is 0.381 e. The first-order valence-corrected chi connectivity index (χ1v) is 8.59. The van der Waals surface area contributed by atoms with E-state index in [0.717, 1.165) is 18.6 Å². The van der Waals surface area contributed by atoms with Gasteiger partial charge in [-0.1, -0.05) is 37.3 Å². The van der Waals surface area contributed by atoms with Crippen LogP contribution in [0.25, 0.3) is 0 Å². The van der Waals surface area contributed by atoms with Crippen molar-refractivity contribution in [2.24, 2.45) is 0 Å². The molecule has 0 atom stereocenters. The lowest BCUT2D eigenvalue weighted by molar-refractivity contribution is 0.0939. The Morgan fingerprint density at radius 3 is 2.72 bits per heavy atom. The molecule has 2 rings (SSSR count). The number of ether oxygens (including phenoxy) is 1. The van der Waals surface area contributed by atoms with Gasteiger partial charge in [-0.05, 0) is 25.3 Å². The average Bonchev–Trinajstić information content (AvgIpc) is 2.61. The highest BCUT2D eigenvalue weighted by atomic mass is 16.5. The second-order valence-electron chi connectivity index (χ2n) is 5.84. The molecule has 0 spiro atoms. The molecule has 0 unspecified atom stereocenters. The summed E-state index contributed by atoms with van der Waals surface area (Å²) >= 11 is 0. The van der Waals surface area contributed by atoms with Gasteiger partial charge in [0.2, 0.25) is 0 Å². The van der Waals surface area contributed by atoms with Crippen LogP contribution in [0, 0.1) is 6.92 Å². The minimum absolute atomic E-state index is 0.0657. The molecule has 0 aliphatic rings. The Morgan fingerprint density at radius 2 is 2.00 bits per heavy atom. The van der Waals surface area contributed by atoms with E-state index in [1.165, 1.54) is 0 Å². The molecule has 6 heteroatoms. The summed E-state index contributed by atoms with van der Waals surface area (Å²) in [6, 6.07) is 9.84. The molecule has 1 N–H and O–H groups in total. The van der Waals surface area contributed by atoms with Crippen LogP contribution in [0.3, 0.4) is 0 Å². The highest BCUT2D eigenvalue weighted by molar-refractivity contribution is 5.93. The second kappa shape index (κ2) is 9.74. The SMILES string of the molecule is CCCOCCCNC(=O)c1cn(Cc2ccccc2)c(C)nc1=O. The average molecular weight is 343 g/mol. The van der Waals surface area contributed by atoms with E-state index < -0.39 is 11.5 Å².